The number of ether oxygens (including phenoxy) is 1. The molecular formula is C19H31NO3. The number of aliphatic hydroxyl groups is 1. The summed E-state index contributed by atoms with van der Waals surface area (Å²) in [6.45, 7) is 11.9. The van der Waals surface area contributed by atoms with Crippen molar-refractivity contribution in [3.63, 3.8) is 0 Å². The lowest BCUT2D eigenvalue weighted by Crippen LogP contribution is -2.25. The molecule has 130 valence electrons. The van der Waals surface area contributed by atoms with Gasteiger partial charge in [-0.3, -0.25) is 4.79 Å². The van der Waals surface area contributed by atoms with Gasteiger partial charge in [0.25, 0.3) is 0 Å². The third-order valence-corrected chi connectivity index (χ3v) is 4.54. The maximum atomic E-state index is 11.4. The molecule has 0 aliphatic rings. The summed E-state index contributed by atoms with van der Waals surface area (Å²) >= 11 is 0. The van der Waals surface area contributed by atoms with Crippen LogP contribution in [0.1, 0.15) is 53.7 Å². The molecule has 0 aliphatic carbocycles. The second-order valence-electron chi connectivity index (χ2n) is 6.34. The van der Waals surface area contributed by atoms with E-state index in [2.05, 4.69) is 38.7 Å². The number of benzene rings is 1. The van der Waals surface area contributed by atoms with E-state index in [4.69, 9.17) is 4.74 Å². The number of aliphatic hydroxyl groups excluding tert-OH is 1. The third-order valence-electron chi connectivity index (χ3n) is 4.54. The normalized spacial score (nSPS) is 12.5. The van der Waals surface area contributed by atoms with E-state index in [1.54, 1.807) is 0 Å². The molecule has 4 nitrogen and oxygen atoms in total. The molecule has 1 N–H and O–H groups in total. The van der Waals surface area contributed by atoms with Gasteiger partial charge in [0.1, 0.15) is 0 Å². The molecule has 23 heavy (non-hydrogen) atoms. The Kier molecular flexibility index (Phi) is 7.73. The molecule has 0 aliphatic heterocycles. The summed E-state index contributed by atoms with van der Waals surface area (Å²) in [5.41, 5.74) is 5.85. The Morgan fingerprint density at radius 2 is 1.74 bits per heavy atom. The van der Waals surface area contributed by atoms with E-state index in [1.807, 2.05) is 14.0 Å². The summed E-state index contributed by atoms with van der Waals surface area (Å²) in [5, 5.41) is 10.6. The monoisotopic (exact) mass is 321 g/mol. The molecule has 0 amide bonds. The van der Waals surface area contributed by atoms with Crippen molar-refractivity contribution in [1.29, 1.82) is 0 Å². The summed E-state index contributed by atoms with van der Waals surface area (Å²) in [7, 11) is 1.97. The summed E-state index contributed by atoms with van der Waals surface area (Å²) in [6, 6.07) is 2.17. The summed E-state index contributed by atoms with van der Waals surface area (Å²) in [6.07, 6.45) is 0.574. The van der Waals surface area contributed by atoms with Gasteiger partial charge in [-0.15, -0.1) is 0 Å². The van der Waals surface area contributed by atoms with E-state index in [-0.39, 0.29) is 5.97 Å². The van der Waals surface area contributed by atoms with Gasteiger partial charge in [-0.25, -0.2) is 0 Å². The molecule has 1 atom stereocenters. The highest BCUT2D eigenvalue weighted by Crippen LogP contribution is 2.29. The van der Waals surface area contributed by atoms with E-state index < -0.39 is 6.10 Å². The van der Waals surface area contributed by atoms with Crippen LogP contribution < -0.4 is 0 Å². The van der Waals surface area contributed by atoms with E-state index in [0.29, 0.717) is 26.0 Å². The van der Waals surface area contributed by atoms with Crippen molar-refractivity contribution >= 4 is 5.97 Å². The lowest BCUT2D eigenvalue weighted by atomic mass is 9.90. The number of rotatable bonds is 8. The Labute approximate surface area is 140 Å². The van der Waals surface area contributed by atoms with Crippen molar-refractivity contribution < 1.29 is 14.6 Å². The standard InChI is InChI=1S/C19H31NO3/c1-7-23-18(22)9-11-20(6)10-8-17(21)19-15(4)13(2)12-14(3)16(19)5/h12,17,21H,7-11H2,1-6H3. The van der Waals surface area contributed by atoms with Crippen LogP contribution in [0.3, 0.4) is 0 Å². The maximum Gasteiger partial charge on any atom is 0.307 e. The number of aryl methyl sites for hydroxylation is 2. The van der Waals surface area contributed by atoms with Crippen LogP contribution in [0.4, 0.5) is 0 Å². The number of carbonyl (C=O) groups excluding carboxylic acids is 1. The van der Waals surface area contributed by atoms with Crippen LogP contribution in [0.15, 0.2) is 6.07 Å². The minimum atomic E-state index is -0.473. The van der Waals surface area contributed by atoms with Gasteiger partial charge in [-0.05, 0) is 75.9 Å². The number of esters is 1. The van der Waals surface area contributed by atoms with E-state index >= 15 is 0 Å². The van der Waals surface area contributed by atoms with Crippen LogP contribution >= 0.6 is 0 Å². The SMILES string of the molecule is CCOC(=O)CCN(C)CCC(O)c1c(C)c(C)cc(C)c1C. The molecule has 0 saturated heterocycles. The highest BCUT2D eigenvalue weighted by molar-refractivity contribution is 5.69. The average Bonchev–Trinajstić information content (AvgIpc) is 2.49. The number of carbonyl (C=O) groups is 1. The number of nitrogens with zero attached hydrogens (tertiary/aromatic N) is 1. The van der Waals surface area contributed by atoms with Crippen LogP contribution in [0.5, 0.6) is 0 Å². The highest BCUT2D eigenvalue weighted by Gasteiger charge is 2.17. The largest absolute Gasteiger partial charge is 0.466 e. The van der Waals surface area contributed by atoms with Gasteiger partial charge in [-0.2, -0.15) is 0 Å². The first-order valence-corrected chi connectivity index (χ1v) is 8.37. The molecular weight excluding hydrogens is 290 g/mol. The number of hydrogen-bond donors (Lipinski definition) is 1. The zero-order valence-electron chi connectivity index (χ0n) is 15.4. The van der Waals surface area contributed by atoms with Gasteiger partial charge in [0.05, 0.1) is 19.1 Å². The third kappa shape index (κ3) is 5.63. The van der Waals surface area contributed by atoms with Crippen molar-refractivity contribution in [3.05, 3.63) is 33.9 Å². The van der Waals surface area contributed by atoms with Gasteiger partial charge >= 0.3 is 5.97 Å². The Balaban J connectivity index is 2.60. The number of hydrogen-bond acceptors (Lipinski definition) is 4. The van der Waals surface area contributed by atoms with Crippen molar-refractivity contribution in [2.45, 2.75) is 53.6 Å². The van der Waals surface area contributed by atoms with Crippen molar-refractivity contribution in [2.75, 3.05) is 26.7 Å². The molecule has 0 saturated carbocycles. The van der Waals surface area contributed by atoms with E-state index in [0.717, 1.165) is 12.1 Å². The van der Waals surface area contributed by atoms with Gasteiger partial charge in [0.15, 0.2) is 0 Å². The van der Waals surface area contributed by atoms with Gasteiger partial charge < -0.3 is 14.7 Å². The topological polar surface area (TPSA) is 49.8 Å². The molecule has 4 heteroatoms. The van der Waals surface area contributed by atoms with Crippen LogP contribution in [0.25, 0.3) is 0 Å². The minimum Gasteiger partial charge on any atom is -0.466 e. The Morgan fingerprint density at radius 3 is 2.26 bits per heavy atom. The first-order chi connectivity index (χ1) is 10.8. The van der Waals surface area contributed by atoms with Crippen LogP contribution in [0.2, 0.25) is 0 Å². The van der Waals surface area contributed by atoms with E-state index in [1.165, 1.54) is 22.3 Å². The molecule has 0 spiro atoms. The first-order valence-electron chi connectivity index (χ1n) is 8.37. The van der Waals surface area contributed by atoms with Gasteiger partial charge in [0, 0.05) is 13.1 Å². The summed E-state index contributed by atoms with van der Waals surface area (Å²) in [4.78, 5) is 13.4. The molecule has 1 aromatic carbocycles. The smallest absolute Gasteiger partial charge is 0.307 e. The van der Waals surface area contributed by atoms with Gasteiger partial charge in [-0.1, -0.05) is 6.07 Å². The zero-order valence-corrected chi connectivity index (χ0v) is 15.4. The van der Waals surface area contributed by atoms with Crippen LogP contribution in [0, 0.1) is 27.7 Å². The Bertz CT molecular complexity index is 514. The fraction of sp³-hybridized carbons (Fsp3) is 0.632. The quantitative estimate of drug-likeness (QED) is 0.747. The Hall–Kier alpha value is -1.39. The summed E-state index contributed by atoms with van der Waals surface area (Å²) in [5.74, 6) is -0.166. The zero-order chi connectivity index (χ0) is 17.6. The lowest BCUT2D eigenvalue weighted by Gasteiger charge is -2.23. The molecule has 1 unspecified atom stereocenters. The molecule has 0 fully saturated rings. The van der Waals surface area contributed by atoms with E-state index in [9.17, 15) is 9.90 Å². The minimum absolute atomic E-state index is 0.166. The molecule has 0 bridgehead atoms. The van der Waals surface area contributed by atoms with Crippen molar-refractivity contribution in [2.24, 2.45) is 0 Å². The van der Waals surface area contributed by atoms with Gasteiger partial charge in [0.2, 0.25) is 0 Å². The average molecular weight is 321 g/mol. The highest BCUT2D eigenvalue weighted by atomic mass is 16.5. The second kappa shape index (κ2) is 9.04. The van der Waals surface area contributed by atoms with Crippen molar-refractivity contribution in [1.82, 2.24) is 4.90 Å². The lowest BCUT2D eigenvalue weighted by molar-refractivity contribution is -0.143. The first kappa shape index (κ1) is 19.7. The molecule has 0 radical (unpaired) electrons. The predicted octanol–water partition coefficient (Wildman–Crippen LogP) is 3.23. The Morgan fingerprint density at radius 1 is 1.17 bits per heavy atom. The maximum absolute atomic E-state index is 11.4. The molecule has 1 rings (SSSR count). The van der Waals surface area contributed by atoms with Crippen molar-refractivity contribution in [3.8, 4) is 0 Å². The fourth-order valence-corrected chi connectivity index (χ4v) is 2.86. The van der Waals surface area contributed by atoms with Crippen LogP contribution in [-0.2, 0) is 9.53 Å². The summed E-state index contributed by atoms with van der Waals surface area (Å²) < 4.78 is 4.93. The van der Waals surface area contributed by atoms with Crippen LogP contribution in [-0.4, -0.2) is 42.7 Å². The molecule has 1 aromatic rings. The predicted molar refractivity (Wildman–Crippen MR) is 93.7 cm³/mol. The fourth-order valence-electron chi connectivity index (χ4n) is 2.86. The molecule has 0 aromatic heterocycles. The molecule has 0 heterocycles. The second-order valence-corrected chi connectivity index (χ2v) is 6.34.